The molecule has 1 N–H and O–H groups in total. The van der Waals surface area contributed by atoms with Gasteiger partial charge in [0.2, 0.25) is 0 Å². The highest BCUT2D eigenvalue weighted by Crippen LogP contribution is 2.08. The lowest BCUT2D eigenvalue weighted by Crippen LogP contribution is -2.27. The number of aliphatic hydroxyl groups is 1. The third-order valence-electron chi connectivity index (χ3n) is 4.28. The van der Waals surface area contributed by atoms with Crippen LogP contribution in [0.5, 0.6) is 0 Å². The van der Waals surface area contributed by atoms with Crippen molar-refractivity contribution >= 4 is 0 Å². The van der Waals surface area contributed by atoms with E-state index in [0.29, 0.717) is 6.61 Å². The van der Waals surface area contributed by atoms with E-state index in [0.717, 1.165) is 26.2 Å². The smallest absolute Gasteiger partial charge is 0.0462 e. The molecule has 0 amide bonds. The summed E-state index contributed by atoms with van der Waals surface area (Å²) < 4.78 is 10.2. The van der Waals surface area contributed by atoms with Crippen LogP contribution in [0.25, 0.3) is 0 Å². The maximum absolute atomic E-state index is 9.05. The van der Waals surface area contributed by atoms with Crippen LogP contribution in [0, 0.1) is 0 Å². The van der Waals surface area contributed by atoms with Crippen molar-refractivity contribution in [2.75, 3.05) is 53.7 Å². The molecule has 0 aromatic carbocycles. The van der Waals surface area contributed by atoms with E-state index < -0.39 is 0 Å². The van der Waals surface area contributed by atoms with Crippen molar-refractivity contribution in [2.24, 2.45) is 0 Å². The molecule has 0 aliphatic heterocycles. The minimum Gasteiger partial charge on any atom is -0.396 e. The Morgan fingerprint density at radius 1 is 0.565 bits per heavy atom. The maximum atomic E-state index is 9.05. The second-order valence-corrected chi connectivity index (χ2v) is 6.44. The van der Waals surface area contributed by atoms with E-state index in [1.807, 2.05) is 0 Å². The molecular formula is C19H41NO3. The molecule has 0 radical (unpaired) electrons. The molecule has 0 bridgehead atoms. The third kappa shape index (κ3) is 18.0. The van der Waals surface area contributed by atoms with Crippen molar-refractivity contribution in [3.05, 3.63) is 0 Å². The first-order chi connectivity index (χ1) is 11.3. The summed E-state index contributed by atoms with van der Waals surface area (Å²) in [6, 6.07) is 0. The summed E-state index contributed by atoms with van der Waals surface area (Å²) in [6.07, 6.45) is 13.7. The predicted molar refractivity (Wildman–Crippen MR) is 98.1 cm³/mol. The molecule has 0 aliphatic rings. The second kappa shape index (κ2) is 19.9. The zero-order valence-electron chi connectivity index (χ0n) is 15.7. The molecule has 0 rings (SSSR count). The SMILES string of the molecule is COCCCCCCCN(CCCO)CCCCCCCOC. The lowest BCUT2D eigenvalue weighted by Gasteiger charge is -2.22. The molecule has 0 aliphatic carbocycles. The van der Waals surface area contributed by atoms with Gasteiger partial charge < -0.3 is 19.5 Å². The topological polar surface area (TPSA) is 41.9 Å². The highest BCUT2D eigenvalue weighted by Gasteiger charge is 2.04. The van der Waals surface area contributed by atoms with Crippen LogP contribution in [0.4, 0.5) is 0 Å². The summed E-state index contributed by atoms with van der Waals surface area (Å²) in [5, 5.41) is 9.05. The highest BCUT2D eigenvalue weighted by molar-refractivity contribution is 4.59. The van der Waals surface area contributed by atoms with Gasteiger partial charge in [0.15, 0.2) is 0 Å². The molecule has 23 heavy (non-hydrogen) atoms. The molecule has 0 saturated heterocycles. The molecule has 4 heteroatoms. The van der Waals surface area contributed by atoms with Crippen LogP contribution in [-0.2, 0) is 9.47 Å². The van der Waals surface area contributed by atoms with E-state index in [-0.39, 0.29) is 0 Å². The Morgan fingerprint density at radius 2 is 0.957 bits per heavy atom. The fourth-order valence-electron chi connectivity index (χ4n) is 2.85. The van der Waals surface area contributed by atoms with Gasteiger partial charge >= 0.3 is 0 Å². The fraction of sp³-hybridized carbons (Fsp3) is 1.00. The van der Waals surface area contributed by atoms with Crippen molar-refractivity contribution in [2.45, 2.75) is 70.6 Å². The average molecular weight is 332 g/mol. The number of rotatable bonds is 19. The Hall–Kier alpha value is -0.160. The van der Waals surface area contributed by atoms with E-state index in [1.165, 1.54) is 77.3 Å². The van der Waals surface area contributed by atoms with Gasteiger partial charge in [-0.2, -0.15) is 0 Å². The molecule has 0 unspecified atom stereocenters. The highest BCUT2D eigenvalue weighted by atomic mass is 16.5. The molecule has 0 aromatic heterocycles. The van der Waals surface area contributed by atoms with Crippen LogP contribution in [0.15, 0.2) is 0 Å². The van der Waals surface area contributed by atoms with Crippen molar-refractivity contribution in [1.82, 2.24) is 4.90 Å². The monoisotopic (exact) mass is 331 g/mol. The summed E-state index contributed by atoms with van der Waals surface area (Å²) in [5.74, 6) is 0. The zero-order chi connectivity index (χ0) is 17.0. The third-order valence-corrected chi connectivity index (χ3v) is 4.28. The predicted octanol–water partition coefficient (Wildman–Crippen LogP) is 3.86. The van der Waals surface area contributed by atoms with Crippen LogP contribution in [0.3, 0.4) is 0 Å². The van der Waals surface area contributed by atoms with Gasteiger partial charge in [0.05, 0.1) is 0 Å². The number of hydrogen-bond donors (Lipinski definition) is 1. The summed E-state index contributed by atoms with van der Waals surface area (Å²) in [6.45, 7) is 5.52. The van der Waals surface area contributed by atoms with Crippen molar-refractivity contribution < 1.29 is 14.6 Å². The molecule has 0 heterocycles. The summed E-state index contributed by atoms with van der Waals surface area (Å²) in [4.78, 5) is 2.54. The largest absolute Gasteiger partial charge is 0.396 e. The first-order valence-electron chi connectivity index (χ1n) is 9.66. The number of aliphatic hydroxyl groups excluding tert-OH is 1. The van der Waals surface area contributed by atoms with E-state index >= 15 is 0 Å². The Morgan fingerprint density at radius 3 is 1.39 bits per heavy atom. The Labute approximate surface area is 144 Å². The van der Waals surface area contributed by atoms with Gasteiger partial charge in [-0.1, -0.05) is 38.5 Å². The van der Waals surface area contributed by atoms with Gasteiger partial charge in [0.1, 0.15) is 0 Å². The quantitative estimate of drug-likeness (QED) is 0.365. The van der Waals surface area contributed by atoms with Crippen LogP contribution in [-0.4, -0.2) is 63.7 Å². The van der Waals surface area contributed by atoms with Gasteiger partial charge in [0, 0.05) is 40.6 Å². The van der Waals surface area contributed by atoms with Crippen LogP contribution in [0.2, 0.25) is 0 Å². The zero-order valence-corrected chi connectivity index (χ0v) is 15.7. The van der Waals surface area contributed by atoms with Gasteiger partial charge in [-0.3, -0.25) is 0 Å². The van der Waals surface area contributed by atoms with E-state index in [9.17, 15) is 0 Å². The Balaban J connectivity index is 3.56. The second-order valence-electron chi connectivity index (χ2n) is 6.44. The molecule has 0 fully saturated rings. The maximum Gasteiger partial charge on any atom is 0.0462 e. The molecule has 0 aromatic rings. The summed E-state index contributed by atoms with van der Waals surface area (Å²) in [5.41, 5.74) is 0. The van der Waals surface area contributed by atoms with Gasteiger partial charge in [-0.15, -0.1) is 0 Å². The number of nitrogens with zero attached hydrogens (tertiary/aromatic N) is 1. The summed E-state index contributed by atoms with van der Waals surface area (Å²) in [7, 11) is 3.55. The number of hydrogen-bond acceptors (Lipinski definition) is 4. The van der Waals surface area contributed by atoms with Crippen LogP contribution >= 0.6 is 0 Å². The minimum absolute atomic E-state index is 0.310. The van der Waals surface area contributed by atoms with Gasteiger partial charge in [0.25, 0.3) is 0 Å². The Bertz CT molecular complexity index is 197. The first-order valence-corrected chi connectivity index (χ1v) is 9.66. The number of unbranched alkanes of at least 4 members (excludes halogenated alkanes) is 8. The number of methoxy groups -OCH3 is 2. The van der Waals surface area contributed by atoms with Gasteiger partial charge in [-0.25, -0.2) is 0 Å². The lowest BCUT2D eigenvalue weighted by atomic mass is 10.1. The standard InChI is InChI=1S/C19H41NO3/c1-22-18-11-7-3-5-9-14-20(16-13-17-21)15-10-6-4-8-12-19-23-2/h21H,3-19H2,1-2H3. The molecular weight excluding hydrogens is 290 g/mol. The van der Waals surface area contributed by atoms with Crippen molar-refractivity contribution in [3.63, 3.8) is 0 Å². The van der Waals surface area contributed by atoms with Crippen LogP contribution in [0.1, 0.15) is 70.6 Å². The summed E-state index contributed by atoms with van der Waals surface area (Å²) >= 11 is 0. The first kappa shape index (κ1) is 22.8. The molecule has 0 atom stereocenters. The minimum atomic E-state index is 0.310. The van der Waals surface area contributed by atoms with Crippen LogP contribution < -0.4 is 0 Å². The normalized spacial score (nSPS) is 11.5. The number of ether oxygens (including phenoxy) is 2. The Kier molecular flexibility index (Phi) is 19.7. The molecule has 140 valence electrons. The van der Waals surface area contributed by atoms with Crippen molar-refractivity contribution in [3.8, 4) is 0 Å². The van der Waals surface area contributed by atoms with E-state index in [1.54, 1.807) is 14.2 Å². The fourth-order valence-corrected chi connectivity index (χ4v) is 2.85. The molecule has 0 saturated carbocycles. The van der Waals surface area contributed by atoms with Gasteiger partial charge in [-0.05, 0) is 45.2 Å². The van der Waals surface area contributed by atoms with E-state index in [2.05, 4.69) is 4.90 Å². The molecule has 4 nitrogen and oxygen atoms in total. The lowest BCUT2D eigenvalue weighted by molar-refractivity contribution is 0.190. The average Bonchev–Trinajstić information content (AvgIpc) is 2.57. The van der Waals surface area contributed by atoms with Crippen molar-refractivity contribution in [1.29, 1.82) is 0 Å². The van der Waals surface area contributed by atoms with E-state index in [4.69, 9.17) is 14.6 Å². The molecule has 0 spiro atoms.